The van der Waals surface area contributed by atoms with Crippen LogP contribution in [0.15, 0.2) is 22.7 Å². The second-order valence-electron chi connectivity index (χ2n) is 4.58. The van der Waals surface area contributed by atoms with E-state index < -0.39 is 11.7 Å². The molecule has 0 aliphatic heterocycles. The Morgan fingerprint density at radius 1 is 1.10 bits per heavy atom. The molecule has 0 saturated heterocycles. The molecule has 0 aromatic heterocycles. The maximum absolute atomic E-state index is 12.6. The fraction of sp³-hybridized carbons (Fsp3) is 0.571. The molecule has 1 aromatic rings. The maximum atomic E-state index is 12.6. The Hall–Kier alpha value is -0.590. The number of hydrogen-bond acceptors (Lipinski definition) is 2. The number of benzene rings is 1. The largest absolute Gasteiger partial charge is 0.416 e. The van der Waals surface area contributed by atoms with Crippen LogP contribution in [0.5, 0.6) is 0 Å². The van der Waals surface area contributed by atoms with E-state index in [1.165, 1.54) is 12.1 Å². The summed E-state index contributed by atoms with van der Waals surface area (Å²) in [6, 6.07) is 3.72. The van der Waals surface area contributed by atoms with E-state index in [1.807, 2.05) is 0 Å². The van der Waals surface area contributed by atoms with E-state index >= 15 is 0 Å². The average molecular weight is 353 g/mol. The summed E-state index contributed by atoms with van der Waals surface area (Å²) in [7, 11) is 0. The molecule has 0 aliphatic carbocycles. The van der Waals surface area contributed by atoms with Gasteiger partial charge in [0.2, 0.25) is 0 Å². The first-order chi connectivity index (χ1) is 9.45. The van der Waals surface area contributed by atoms with E-state index in [-0.39, 0.29) is 0 Å². The standard InChI is InChI=1S/C14H20BrF3N2/c1-2-6-19-7-3-8-20-10-11-9-12(14(16,17)18)4-5-13(11)15/h4-5,9,19-20H,2-3,6-8,10H2,1H3. The average Bonchev–Trinajstić information content (AvgIpc) is 2.38. The zero-order chi connectivity index (χ0) is 15.0. The minimum absolute atomic E-state index is 0.429. The molecule has 0 radical (unpaired) electrons. The van der Waals surface area contributed by atoms with Gasteiger partial charge in [0.1, 0.15) is 0 Å². The van der Waals surface area contributed by atoms with E-state index in [0.717, 1.165) is 38.5 Å². The lowest BCUT2D eigenvalue weighted by Gasteiger charge is -2.11. The van der Waals surface area contributed by atoms with E-state index in [9.17, 15) is 13.2 Å². The van der Waals surface area contributed by atoms with Crippen LogP contribution in [-0.2, 0) is 12.7 Å². The highest BCUT2D eigenvalue weighted by atomic mass is 79.9. The fourth-order valence-electron chi connectivity index (χ4n) is 1.75. The van der Waals surface area contributed by atoms with Crippen molar-refractivity contribution in [2.24, 2.45) is 0 Å². The lowest BCUT2D eigenvalue weighted by Crippen LogP contribution is -2.22. The van der Waals surface area contributed by atoms with Crippen LogP contribution in [0.25, 0.3) is 0 Å². The first-order valence-electron chi connectivity index (χ1n) is 6.72. The van der Waals surface area contributed by atoms with Crippen LogP contribution < -0.4 is 10.6 Å². The van der Waals surface area contributed by atoms with Crippen LogP contribution in [0.4, 0.5) is 13.2 Å². The Morgan fingerprint density at radius 2 is 1.80 bits per heavy atom. The summed E-state index contributed by atoms with van der Waals surface area (Å²) in [6.07, 6.45) is -2.24. The van der Waals surface area contributed by atoms with E-state index in [4.69, 9.17) is 0 Å². The van der Waals surface area contributed by atoms with E-state index in [0.29, 0.717) is 16.6 Å². The van der Waals surface area contributed by atoms with Crippen molar-refractivity contribution in [3.63, 3.8) is 0 Å². The molecular weight excluding hydrogens is 333 g/mol. The van der Waals surface area contributed by atoms with Gasteiger partial charge >= 0.3 is 6.18 Å². The smallest absolute Gasteiger partial charge is 0.317 e. The number of hydrogen-bond donors (Lipinski definition) is 2. The summed E-state index contributed by atoms with van der Waals surface area (Å²) in [5.41, 5.74) is 0.0171. The summed E-state index contributed by atoms with van der Waals surface area (Å²) in [4.78, 5) is 0. The SMILES string of the molecule is CCCNCCCNCc1cc(C(F)(F)F)ccc1Br. The van der Waals surface area contributed by atoms with Gasteiger partial charge < -0.3 is 10.6 Å². The van der Waals surface area contributed by atoms with Gasteiger partial charge in [-0.3, -0.25) is 0 Å². The zero-order valence-corrected chi connectivity index (χ0v) is 13.1. The molecule has 0 fully saturated rings. The van der Waals surface area contributed by atoms with Crippen molar-refractivity contribution < 1.29 is 13.2 Å². The van der Waals surface area contributed by atoms with Crippen molar-refractivity contribution in [1.29, 1.82) is 0 Å². The molecule has 0 spiro atoms. The lowest BCUT2D eigenvalue weighted by atomic mass is 10.1. The van der Waals surface area contributed by atoms with Crippen LogP contribution >= 0.6 is 15.9 Å². The van der Waals surface area contributed by atoms with Gasteiger partial charge in [0.25, 0.3) is 0 Å². The quantitative estimate of drug-likeness (QED) is 0.692. The van der Waals surface area contributed by atoms with Crippen molar-refractivity contribution in [1.82, 2.24) is 10.6 Å². The van der Waals surface area contributed by atoms with Crippen molar-refractivity contribution in [2.45, 2.75) is 32.5 Å². The minimum Gasteiger partial charge on any atom is -0.317 e. The van der Waals surface area contributed by atoms with Gasteiger partial charge in [0.05, 0.1) is 5.56 Å². The van der Waals surface area contributed by atoms with Crippen LogP contribution in [0.2, 0.25) is 0 Å². The lowest BCUT2D eigenvalue weighted by molar-refractivity contribution is -0.137. The third-order valence-corrected chi connectivity index (χ3v) is 3.60. The molecule has 0 bridgehead atoms. The third-order valence-electron chi connectivity index (χ3n) is 2.82. The van der Waals surface area contributed by atoms with Crippen molar-refractivity contribution in [3.05, 3.63) is 33.8 Å². The van der Waals surface area contributed by atoms with Gasteiger partial charge in [-0.1, -0.05) is 22.9 Å². The van der Waals surface area contributed by atoms with Gasteiger partial charge in [-0.2, -0.15) is 13.2 Å². The van der Waals surface area contributed by atoms with Crippen LogP contribution in [-0.4, -0.2) is 19.6 Å². The van der Waals surface area contributed by atoms with Gasteiger partial charge in [-0.25, -0.2) is 0 Å². The highest BCUT2D eigenvalue weighted by molar-refractivity contribution is 9.10. The molecule has 1 aromatic carbocycles. The zero-order valence-electron chi connectivity index (χ0n) is 11.5. The molecule has 20 heavy (non-hydrogen) atoms. The van der Waals surface area contributed by atoms with Crippen LogP contribution in [0.1, 0.15) is 30.9 Å². The number of nitrogens with one attached hydrogen (secondary N) is 2. The number of halogens is 4. The summed E-state index contributed by atoms with van der Waals surface area (Å²) < 4.78 is 38.5. The predicted molar refractivity (Wildman–Crippen MR) is 78.6 cm³/mol. The predicted octanol–water partition coefficient (Wildman–Crippen LogP) is 3.95. The van der Waals surface area contributed by atoms with E-state index in [1.54, 1.807) is 0 Å². The van der Waals surface area contributed by atoms with Gasteiger partial charge in [-0.15, -0.1) is 0 Å². The molecule has 0 unspecified atom stereocenters. The monoisotopic (exact) mass is 352 g/mol. The highest BCUT2D eigenvalue weighted by Crippen LogP contribution is 2.31. The molecule has 2 N–H and O–H groups in total. The molecule has 1 rings (SSSR count). The summed E-state index contributed by atoms with van der Waals surface area (Å²) in [5, 5.41) is 6.44. The van der Waals surface area contributed by atoms with Crippen molar-refractivity contribution in [3.8, 4) is 0 Å². The first-order valence-corrected chi connectivity index (χ1v) is 7.51. The Labute approximate surface area is 126 Å². The van der Waals surface area contributed by atoms with Crippen LogP contribution in [0, 0.1) is 0 Å². The van der Waals surface area contributed by atoms with Gasteiger partial charge in [0.15, 0.2) is 0 Å². The molecule has 6 heteroatoms. The Bertz CT molecular complexity index is 408. The Kier molecular flexibility index (Phi) is 7.55. The third kappa shape index (κ3) is 6.24. The molecule has 0 heterocycles. The molecular formula is C14H20BrF3N2. The summed E-state index contributed by atoms with van der Waals surface area (Å²) in [6.45, 7) is 5.23. The normalized spacial score (nSPS) is 11.8. The number of rotatable bonds is 8. The second-order valence-corrected chi connectivity index (χ2v) is 5.44. The van der Waals surface area contributed by atoms with Gasteiger partial charge in [0, 0.05) is 11.0 Å². The van der Waals surface area contributed by atoms with E-state index in [2.05, 4.69) is 33.5 Å². The first kappa shape index (κ1) is 17.5. The Morgan fingerprint density at radius 3 is 2.45 bits per heavy atom. The second kappa shape index (κ2) is 8.64. The molecule has 0 saturated carbocycles. The van der Waals surface area contributed by atoms with Crippen LogP contribution in [0.3, 0.4) is 0 Å². The molecule has 0 amide bonds. The van der Waals surface area contributed by atoms with Gasteiger partial charge in [-0.05, 0) is 56.2 Å². The topological polar surface area (TPSA) is 24.1 Å². The summed E-state index contributed by atoms with van der Waals surface area (Å²) in [5.74, 6) is 0. The maximum Gasteiger partial charge on any atom is 0.416 e. The molecule has 0 atom stereocenters. The number of alkyl halides is 3. The van der Waals surface area contributed by atoms with Crippen molar-refractivity contribution in [2.75, 3.05) is 19.6 Å². The Balaban J connectivity index is 2.40. The minimum atomic E-state index is -4.29. The van der Waals surface area contributed by atoms with Crippen molar-refractivity contribution >= 4 is 15.9 Å². The molecule has 0 aliphatic rings. The fourth-order valence-corrected chi connectivity index (χ4v) is 2.14. The summed E-state index contributed by atoms with van der Waals surface area (Å²) >= 11 is 3.28. The highest BCUT2D eigenvalue weighted by Gasteiger charge is 2.30. The molecule has 114 valence electrons. The molecule has 2 nitrogen and oxygen atoms in total.